The van der Waals surface area contributed by atoms with Gasteiger partial charge in [-0.3, -0.25) is 9.59 Å². The lowest BCUT2D eigenvalue weighted by atomic mass is 10.00. The van der Waals surface area contributed by atoms with E-state index < -0.39 is 41.4 Å². The number of hydrogen-bond acceptors (Lipinski definition) is 10. The molecular formula is C45H45F4N3O9. The molecule has 1 aromatic heterocycles. The summed E-state index contributed by atoms with van der Waals surface area (Å²) in [6, 6.07) is 24.9. The van der Waals surface area contributed by atoms with Crippen LogP contribution >= 0.6 is 0 Å². The fourth-order valence-electron chi connectivity index (χ4n) is 6.02. The molecule has 2 N–H and O–H groups in total. The van der Waals surface area contributed by atoms with Crippen LogP contribution in [0, 0.1) is 5.82 Å². The van der Waals surface area contributed by atoms with E-state index in [4.69, 9.17) is 28.4 Å². The Bertz CT molecular complexity index is 2240. The molecule has 5 aromatic rings. The number of benzene rings is 4. The number of hydrogen-bond donors (Lipinski definition) is 2. The largest absolute Gasteiger partial charge is 0.497 e. The number of alkyl carbamates (subject to hydrolysis) is 1. The normalized spacial score (nSPS) is 11.6. The van der Waals surface area contributed by atoms with Crippen LogP contribution in [0.1, 0.15) is 56.8 Å². The summed E-state index contributed by atoms with van der Waals surface area (Å²) >= 11 is 0. The van der Waals surface area contributed by atoms with Gasteiger partial charge in [-0.05, 0) is 91.1 Å². The molecule has 1 unspecified atom stereocenters. The number of ether oxygens (including phenoxy) is 6. The standard InChI is InChI=1S/C45H45F4N3O9/c1-56-33-16-12-30(13-17-33)27-59-23-24-60-38-20-15-32(26-40(38)58-3)43(54)52-36(11-7-8-22-50-44(55)61-28-29-9-5-4-6-10-29)42(53)37-19-21-39(57-2)41(51-37)31-14-18-35(46)34(25-31)45(47,48)49/h4-6,9-10,12-21,25-26,36H,7-8,11,22-24,27-28H2,1-3H3,(H,50,55)(H,52,54). The second kappa shape index (κ2) is 22.1. The Hall–Kier alpha value is -6.68. The highest BCUT2D eigenvalue weighted by atomic mass is 19.4. The Balaban J connectivity index is 1.28. The second-order valence-electron chi connectivity index (χ2n) is 13.4. The molecule has 0 aliphatic carbocycles. The molecule has 0 fully saturated rings. The van der Waals surface area contributed by atoms with Crippen molar-refractivity contribution in [1.82, 2.24) is 15.6 Å². The number of halogens is 4. The molecule has 61 heavy (non-hydrogen) atoms. The molecule has 1 atom stereocenters. The Labute approximate surface area is 350 Å². The average Bonchev–Trinajstić information content (AvgIpc) is 3.27. The Morgan fingerprint density at radius 1 is 0.738 bits per heavy atom. The van der Waals surface area contributed by atoms with Crippen molar-refractivity contribution >= 4 is 17.8 Å². The van der Waals surface area contributed by atoms with Crippen molar-refractivity contribution in [3.8, 4) is 34.3 Å². The van der Waals surface area contributed by atoms with Crippen molar-refractivity contribution in [3.05, 3.63) is 137 Å². The van der Waals surface area contributed by atoms with Crippen LogP contribution in [-0.4, -0.2) is 69.9 Å². The van der Waals surface area contributed by atoms with Gasteiger partial charge in [-0.25, -0.2) is 14.2 Å². The Kier molecular flexibility index (Phi) is 16.4. The number of rotatable bonds is 21. The highest BCUT2D eigenvalue weighted by molar-refractivity contribution is 6.04. The molecule has 0 aliphatic heterocycles. The lowest BCUT2D eigenvalue weighted by molar-refractivity contribution is -0.139. The SMILES string of the molecule is COc1ccc(COCCOc2ccc(C(=O)NC(CCCCNC(=O)OCc3ccccc3)C(=O)c3ccc(OC)c(-c4ccc(F)c(C(F)(F)F)c4)n3)cc2OC)cc1. The average molecular weight is 848 g/mol. The zero-order valence-electron chi connectivity index (χ0n) is 33.7. The number of alkyl halides is 3. The molecule has 0 spiro atoms. The number of nitrogens with zero attached hydrogens (tertiary/aromatic N) is 1. The highest BCUT2D eigenvalue weighted by Gasteiger charge is 2.35. The summed E-state index contributed by atoms with van der Waals surface area (Å²) in [5.74, 6) is -1.42. The predicted octanol–water partition coefficient (Wildman–Crippen LogP) is 8.61. The van der Waals surface area contributed by atoms with Gasteiger partial charge in [0.2, 0.25) is 5.78 Å². The quantitative estimate of drug-likeness (QED) is 0.0419. The fourth-order valence-corrected chi connectivity index (χ4v) is 6.02. The molecule has 4 aromatic carbocycles. The maximum absolute atomic E-state index is 14.2. The molecule has 16 heteroatoms. The van der Waals surface area contributed by atoms with Crippen LogP contribution in [0.25, 0.3) is 11.3 Å². The van der Waals surface area contributed by atoms with Gasteiger partial charge in [0.25, 0.3) is 5.91 Å². The summed E-state index contributed by atoms with van der Waals surface area (Å²) in [6.45, 7) is 1.09. The molecule has 5 rings (SSSR count). The molecule has 12 nitrogen and oxygen atoms in total. The van der Waals surface area contributed by atoms with Crippen molar-refractivity contribution in [2.45, 2.75) is 44.7 Å². The van der Waals surface area contributed by atoms with Crippen molar-refractivity contribution in [1.29, 1.82) is 0 Å². The number of ketones is 1. The molecule has 322 valence electrons. The molecular weight excluding hydrogens is 802 g/mol. The highest BCUT2D eigenvalue weighted by Crippen LogP contribution is 2.36. The van der Waals surface area contributed by atoms with Crippen LogP contribution in [0.2, 0.25) is 0 Å². The van der Waals surface area contributed by atoms with E-state index in [0.29, 0.717) is 37.3 Å². The maximum Gasteiger partial charge on any atom is 0.419 e. The van der Waals surface area contributed by atoms with Crippen LogP contribution in [0.4, 0.5) is 22.4 Å². The lowest BCUT2D eigenvalue weighted by Crippen LogP contribution is -2.41. The second-order valence-corrected chi connectivity index (χ2v) is 13.4. The minimum atomic E-state index is -5.00. The van der Waals surface area contributed by atoms with Crippen molar-refractivity contribution in [2.75, 3.05) is 41.1 Å². The Morgan fingerprint density at radius 3 is 2.16 bits per heavy atom. The summed E-state index contributed by atoms with van der Waals surface area (Å²) in [6.07, 6.45) is -4.82. The van der Waals surface area contributed by atoms with Gasteiger partial charge in [-0.2, -0.15) is 13.2 Å². The van der Waals surface area contributed by atoms with E-state index in [9.17, 15) is 31.9 Å². The summed E-state index contributed by atoms with van der Waals surface area (Å²) in [4.78, 5) is 44.5. The van der Waals surface area contributed by atoms with Crippen molar-refractivity contribution < 1.29 is 60.4 Å². The maximum atomic E-state index is 14.2. The first-order chi connectivity index (χ1) is 29.4. The number of unbranched alkanes of at least 4 members (excludes halogenated alkanes) is 1. The third-order valence-electron chi connectivity index (χ3n) is 9.24. The van der Waals surface area contributed by atoms with Crippen LogP contribution in [0.15, 0.2) is 103 Å². The number of Topliss-reactive ketones (excluding diaryl/α,β-unsaturated/α-hetero) is 1. The predicted molar refractivity (Wildman–Crippen MR) is 216 cm³/mol. The summed E-state index contributed by atoms with van der Waals surface area (Å²) in [7, 11) is 4.27. The number of nitrogens with one attached hydrogen (secondary N) is 2. The molecule has 0 saturated heterocycles. The monoisotopic (exact) mass is 847 g/mol. The van der Waals surface area contributed by atoms with E-state index in [1.165, 1.54) is 38.5 Å². The van der Waals surface area contributed by atoms with Gasteiger partial charge in [0, 0.05) is 17.7 Å². The van der Waals surface area contributed by atoms with Crippen molar-refractivity contribution in [3.63, 3.8) is 0 Å². The minimum absolute atomic E-state index is 0.0281. The first-order valence-electron chi connectivity index (χ1n) is 19.1. The molecule has 0 saturated carbocycles. The van der Waals surface area contributed by atoms with Crippen molar-refractivity contribution in [2.24, 2.45) is 0 Å². The van der Waals surface area contributed by atoms with Crippen LogP contribution in [0.3, 0.4) is 0 Å². The first-order valence-corrected chi connectivity index (χ1v) is 19.1. The van der Waals surface area contributed by atoms with Gasteiger partial charge in [-0.15, -0.1) is 0 Å². The molecule has 0 radical (unpaired) electrons. The van der Waals surface area contributed by atoms with E-state index in [1.54, 1.807) is 13.2 Å². The Morgan fingerprint density at radius 2 is 1.46 bits per heavy atom. The third kappa shape index (κ3) is 13.2. The van der Waals surface area contributed by atoms with Gasteiger partial charge >= 0.3 is 12.3 Å². The molecule has 1 heterocycles. The van der Waals surface area contributed by atoms with E-state index in [0.717, 1.165) is 22.9 Å². The van der Waals surface area contributed by atoms with Crippen LogP contribution in [-0.2, 0) is 28.9 Å². The van der Waals surface area contributed by atoms with E-state index >= 15 is 0 Å². The fraction of sp³-hybridized carbons (Fsp3) is 0.289. The molecule has 0 aliphatic rings. The number of carbonyl (C=O) groups excluding carboxylic acids is 3. The van der Waals surface area contributed by atoms with Crippen LogP contribution in [0.5, 0.6) is 23.0 Å². The number of amides is 2. The van der Waals surface area contributed by atoms with Gasteiger partial charge < -0.3 is 39.1 Å². The summed E-state index contributed by atoms with van der Waals surface area (Å²) in [5.41, 5.74) is -0.100. The first kappa shape index (κ1) is 45.4. The van der Waals surface area contributed by atoms with Gasteiger partial charge in [0.15, 0.2) is 11.5 Å². The molecule has 2 amide bonds. The third-order valence-corrected chi connectivity index (χ3v) is 9.24. The lowest BCUT2D eigenvalue weighted by Gasteiger charge is -2.19. The number of aromatic nitrogens is 1. The van der Waals surface area contributed by atoms with E-state index in [-0.39, 0.29) is 66.8 Å². The number of methoxy groups -OCH3 is 3. The minimum Gasteiger partial charge on any atom is -0.497 e. The van der Waals surface area contributed by atoms with Gasteiger partial charge in [0.05, 0.1) is 46.1 Å². The molecule has 0 bridgehead atoms. The van der Waals surface area contributed by atoms with E-state index in [1.807, 2.05) is 54.6 Å². The zero-order valence-corrected chi connectivity index (χ0v) is 33.7. The van der Waals surface area contributed by atoms with Crippen LogP contribution < -0.4 is 29.6 Å². The van der Waals surface area contributed by atoms with E-state index in [2.05, 4.69) is 15.6 Å². The zero-order chi connectivity index (χ0) is 43.8. The summed E-state index contributed by atoms with van der Waals surface area (Å²) < 4.78 is 87.8. The van der Waals surface area contributed by atoms with Gasteiger partial charge in [-0.1, -0.05) is 42.5 Å². The smallest absolute Gasteiger partial charge is 0.419 e. The van der Waals surface area contributed by atoms with Gasteiger partial charge in [0.1, 0.15) is 41.9 Å². The topological polar surface area (TPSA) is 144 Å². The number of pyridine rings is 1. The number of carbonyl (C=O) groups is 3. The summed E-state index contributed by atoms with van der Waals surface area (Å²) in [5, 5.41) is 5.41.